The zero-order chi connectivity index (χ0) is 12.1. The molecule has 1 aromatic heterocycles. The minimum atomic E-state index is 0.808. The van der Waals surface area contributed by atoms with Gasteiger partial charge in [-0.15, -0.1) is 0 Å². The van der Waals surface area contributed by atoms with Gasteiger partial charge >= 0.3 is 0 Å². The Kier molecular flexibility index (Phi) is 4.92. The number of aryl methyl sites for hydroxylation is 2. The third-order valence-corrected chi connectivity index (χ3v) is 4.25. The highest BCUT2D eigenvalue weighted by Crippen LogP contribution is 2.24. The first kappa shape index (κ1) is 13.0. The van der Waals surface area contributed by atoms with Gasteiger partial charge in [0.1, 0.15) is 5.76 Å². The molecule has 17 heavy (non-hydrogen) atoms. The van der Waals surface area contributed by atoms with E-state index in [1.807, 2.05) is 13.8 Å². The molecule has 0 radical (unpaired) electrons. The van der Waals surface area contributed by atoms with Crippen molar-refractivity contribution < 1.29 is 4.42 Å². The Bertz CT molecular complexity index is 326. The molecule has 4 heteroatoms. The van der Waals surface area contributed by atoms with E-state index in [1.54, 1.807) is 11.8 Å². The summed E-state index contributed by atoms with van der Waals surface area (Å²) in [6.45, 7) is 6.18. The largest absolute Gasteiger partial charge is 0.437 e. The molecule has 1 saturated carbocycles. The topological polar surface area (TPSA) is 38.1 Å². The summed E-state index contributed by atoms with van der Waals surface area (Å²) in [4.78, 5) is 4.35. The van der Waals surface area contributed by atoms with Crippen LogP contribution in [0.1, 0.15) is 37.1 Å². The Morgan fingerprint density at radius 1 is 1.35 bits per heavy atom. The van der Waals surface area contributed by atoms with Crippen molar-refractivity contribution in [3.05, 3.63) is 11.5 Å². The van der Waals surface area contributed by atoms with Crippen molar-refractivity contribution in [2.75, 3.05) is 18.8 Å². The maximum absolute atomic E-state index is 5.52. The normalized spacial score (nSPS) is 16.8. The van der Waals surface area contributed by atoms with Crippen LogP contribution in [0.4, 0.5) is 0 Å². The predicted octanol–water partition coefficient (Wildman–Crippen LogP) is 3.16. The van der Waals surface area contributed by atoms with Gasteiger partial charge in [-0.3, -0.25) is 0 Å². The van der Waals surface area contributed by atoms with Crippen LogP contribution in [0, 0.1) is 19.8 Å². The Morgan fingerprint density at radius 3 is 2.76 bits per heavy atom. The van der Waals surface area contributed by atoms with Crippen LogP contribution in [0.25, 0.3) is 0 Å². The zero-order valence-electron chi connectivity index (χ0n) is 10.8. The molecular weight excluding hydrogens is 232 g/mol. The van der Waals surface area contributed by atoms with Gasteiger partial charge in [-0.25, -0.2) is 4.98 Å². The molecule has 0 bridgehead atoms. The summed E-state index contributed by atoms with van der Waals surface area (Å²) < 4.78 is 5.52. The van der Waals surface area contributed by atoms with Crippen LogP contribution < -0.4 is 5.32 Å². The third-order valence-electron chi connectivity index (χ3n) is 3.42. The van der Waals surface area contributed by atoms with Crippen molar-refractivity contribution in [3.63, 3.8) is 0 Å². The summed E-state index contributed by atoms with van der Waals surface area (Å²) in [6.07, 6.45) is 5.68. The van der Waals surface area contributed by atoms with Gasteiger partial charge in [0.15, 0.2) is 0 Å². The second kappa shape index (κ2) is 6.45. The van der Waals surface area contributed by atoms with E-state index in [4.69, 9.17) is 4.42 Å². The molecule has 96 valence electrons. The van der Waals surface area contributed by atoms with Crippen LogP contribution in [0.2, 0.25) is 0 Å². The molecule has 0 amide bonds. The van der Waals surface area contributed by atoms with Gasteiger partial charge < -0.3 is 9.73 Å². The minimum absolute atomic E-state index is 0.808. The second-order valence-corrected chi connectivity index (χ2v) is 5.87. The summed E-state index contributed by atoms with van der Waals surface area (Å²) in [5, 5.41) is 4.34. The van der Waals surface area contributed by atoms with E-state index in [2.05, 4.69) is 10.3 Å². The number of hydrogen-bond acceptors (Lipinski definition) is 4. The highest BCUT2D eigenvalue weighted by molar-refractivity contribution is 7.99. The summed E-state index contributed by atoms with van der Waals surface area (Å²) in [5.41, 5.74) is 1.01. The first-order chi connectivity index (χ1) is 8.25. The van der Waals surface area contributed by atoms with Crippen LogP contribution in [0.15, 0.2) is 9.64 Å². The molecular formula is C13H22N2OS. The van der Waals surface area contributed by atoms with Crippen molar-refractivity contribution in [2.24, 2.45) is 5.92 Å². The standard InChI is InChI=1S/C13H22N2OS/c1-10-11(2)16-13(15-10)17-8-7-14-9-12-5-3-4-6-12/h12,14H,3-9H2,1-2H3. The Balaban J connectivity index is 1.56. The van der Waals surface area contributed by atoms with Crippen molar-refractivity contribution in [3.8, 4) is 0 Å². The summed E-state index contributed by atoms with van der Waals surface area (Å²) in [5.74, 6) is 2.89. The summed E-state index contributed by atoms with van der Waals surface area (Å²) in [7, 11) is 0. The van der Waals surface area contributed by atoms with Crippen LogP contribution in [0.3, 0.4) is 0 Å². The van der Waals surface area contributed by atoms with Crippen molar-refractivity contribution in [2.45, 2.75) is 44.8 Å². The van der Waals surface area contributed by atoms with Crippen molar-refractivity contribution in [1.29, 1.82) is 0 Å². The third kappa shape index (κ3) is 4.03. The SMILES string of the molecule is Cc1nc(SCCNCC2CCCC2)oc1C. The molecule has 0 aliphatic heterocycles. The van der Waals surface area contributed by atoms with Gasteiger partial charge in [-0.05, 0) is 39.2 Å². The fourth-order valence-electron chi connectivity index (χ4n) is 2.24. The van der Waals surface area contributed by atoms with E-state index in [1.165, 1.54) is 32.2 Å². The Labute approximate surface area is 108 Å². The summed E-state index contributed by atoms with van der Waals surface area (Å²) >= 11 is 1.70. The number of nitrogens with one attached hydrogen (secondary N) is 1. The van der Waals surface area contributed by atoms with Crippen molar-refractivity contribution in [1.82, 2.24) is 10.3 Å². The van der Waals surface area contributed by atoms with Crippen LogP contribution >= 0.6 is 11.8 Å². The molecule has 1 aromatic rings. The lowest BCUT2D eigenvalue weighted by molar-refractivity contribution is 0.431. The highest BCUT2D eigenvalue weighted by Gasteiger charge is 2.13. The fourth-order valence-corrected chi connectivity index (χ4v) is 3.04. The maximum atomic E-state index is 5.52. The predicted molar refractivity (Wildman–Crippen MR) is 71.5 cm³/mol. The molecule has 1 aliphatic carbocycles. The van der Waals surface area contributed by atoms with Gasteiger partial charge in [-0.2, -0.15) is 0 Å². The molecule has 0 unspecified atom stereocenters. The van der Waals surface area contributed by atoms with E-state index in [0.29, 0.717) is 0 Å². The molecule has 1 fully saturated rings. The van der Waals surface area contributed by atoms with Crippen molar-refractivity contribution >= 4 is 11.8 Å². The average Bonchev–Trinajstić information content (AvgIpc) is 2.90. The maximum Gasteiger partial charge on any atom is 0.256 e. The lowest BCUT2D eigenvalue weighted by atomic mass is 10.1. The summed E-state index contributed by atoms with van der Waals surface area (Å²) in [6, 6.07) is 0. The first-order valence-electron chi connectivity index (χ1n) is 6.53. The molecule has 2 rings (SSSR count). The smallest absolute Gasteiger partial charge is 0.256 e. The van der Waals surface area contributed by atoms with E-state index in [9.17, 15) is 0 Å². The van der Waals surface area contributed by atoms with Gasteiger partial charge in [0.05, 0.1) is 5.69 Å². The molecule has 0 aromatic carbocycles. The second-order valence-electron chi connectivity index (χ2n) is 4.82. The van der Waals surface area contributed by atoms with Gasteiger partial charge in [0.25, 0.3) is 5.22 Å². The number of aromatic nitrogens is 1. The molecule has 1 aliphatic rings. The molecule has 1 N–H and O–H groups in total. The van der Waals surface area contributed by atoms with Crippen LogP contribution in [-0.2, 0) is 0 Å². The monoisotopic (exact) mass is 254 g/mol. The van der Waals surface area contributed by atoms with E-state index in [0.717, 1.165) is 34.9 Å². The number of nitrogens with zero attached hydrogens (tertiary/aromatic N) is 1. The molecule has 1 heterocycles. The molecule has 0 saturated heterocycles. The number of oxazole rings is 1. The molecule has 3 nitrogen and oxygen atoms in total. The zero-order valence-corrected chi connectivity index (χ0v) is 11.6. The average molecular weight is 254 g/mol. The lowest BCUT2D eigenvalue weighted by Gasteiger charge is -2.09. The molecule has 0 spiro atoms. The van der Waals surface area contributed by atoms with Gasteiger partial charge in [0, 0.05) is 12.3 Å². The van der Waals surface area contributed by atoms with E-state index < -0.39 is 0 Å². The fraction of sp³-hybridized carbons (Fsp3) is 0.769. The quantitative estimate of drug-likeness (QED) is 0.625. The van der Waals surface area contributed by atoms with Gasteiger partial charge in [0.2, 0.25) is 0 Å². The number of hydrogen-bond donors (Lipinski definition) is 1. The van der Waals surface area contributed by atoms with Crippen LogP contribution in [-0.4, -0.2) is 23.8 Å². The van der Waals surface area contributed by atoms with Gasteiger partial charge in [-0.1, -0.05) is 24.6 Å². The number of thioether (sulfide) groups is 1. The minimum Gasteiger partial charge on any atom is -0.437 e. The first-order valence-corrected chi connectivity index (χ1v) is 7.52. The number of rotatable bonds is 6. The lowest BCUT2D eigenvalue weighted by Crippen LogP contribution is -2.23. The van der Waals surface area contributed by atoms with E-state index >= 15 is 0 Å². The Morgan fingerprint density at radius 2 is 2.12 bits per heavy atom. The Hall–Kier alpha value is -0.480. The highest BCUT2D eigenvalue weighted by atomic mass is 32.2. The van der Waals surface area contributed by atoms with E-state index in [-0.39, 0.29) is 0 Å². The van der Waals surface area contributed by atoms with Crippen LogP contribution in [0.5, 0.6) is 0 Å². The molecule has 0 atom stereocenters.